The molecular formula is C22H25N3O2S. The van der Waals surface area contributed by atoms with E-state index in [1.54, 1.807) is 11.3 Å². The van der Waals surface area contributed by atoms with Gasteiger partial charge in [-0.3, -0.25) is 4.79 Å². The first-order valence-electron chi connectivity index (χ1n) is 9.77. The summed E-state index contributed by atoms with van der Waals surface area (Å²) in [6.45, 7) is 7.21. The van der Waals surface area contributed by atoms with Gasteiger partial charge in [0, 0.05) is 30.3 Å². The summed E-state index contributed by atoms with van der Waals surface area (Å²) in [6, 6.07) is 10.6. The minimum Gasteiger partial charge on any atom is -0.435 e. The molecule has 0 spiro atoms. The van der Waals surface area contributed by atoms with Crippen LogP contribution < -0.4 is 0 Å². The van der Waals surface area contributed by atoms with Gasteiger partial charge in [-0.15, -0.1) is 11.3 Å². The predicted octanol–water partition coefficient (Wildman–Crippen LogP) is 4.53. The van der Waals surface area contributed by atoms with Gasteiger partial charge in [-0.1, -0.05) is 37.3 Å². The second kappa shape index (κ2) is 7.51. The van der Waals surface area contributed by atoms with Crippen LogP contribution in [0.4, 0.5) is 0 Å². The van der Waals surface area contributed by atoms with Crippen molar-refractivity contribution in [2.24, 2.45) is 0 Å². The highest BCUT2D eigenvalue weighted by Crippen LogP contribution is 2.42. The highest BCUT2D eigenvalue weighted by Gasteiger charge is 2.41. The van der Waals surface area contributed by atoms with E-state index in [0.717, 1.165) is 23.5 Å². The van der Waals surface area contributed by atoms with Gasteiger partial charge in [-0.05, 0) is 32.3 Å². The first-order valence-corrected chi connectivity index (χ1v) is 10.6. The predicted molar refractivity (Wildman–Crippen MR) is 110 cm³/mol. The number of aromatic nitrogens is 2. The molecule has 1 aromatic carbocycles. The summed E-state index contributed by atoms with van der Waals surface area (Å²) in [5.41, 5.74) is 2.93. The molecule has 146 valence electrons. The first-order chi connectivity index (χ1) is 13.5. The lowest BCUT2D eigenvalue weighted by Crippen LogP contribution is -2.46. The summed E-state index contributed by atoms with van der Waals surface area (Å²) in [6.07, 6.45) is 2.38. The minimum absolute atomic E-state index is 0.0548. The highest BCUT2D eigenvalue weighted by molar-refractivity contribution is 7.09. The molecule has 3 aromatic rings. The summed E-state index contributed by atoms with van der Waals surface area (Å²) in [4.78, 5) is 24.1. The molecule has 28 heavy (non-hydrogen) atoms. The Labute approximate surface area is 169 Å². The van der Waals surface area contributed by atoms with Gasteiger partial charge in [0.15, 0.2) is 5.89 Å². The summed E-state index contributed by atoms with van der Waals surface area (Å²) in [5.74, 6) is 0.948. The maximum absolute atomic E-state index is 13.0. The Morgan fingerprint density at radius 1 is 1.18 bits per heavy atom. The number of aryl methyl sites for hydroxylation is 3. The molecule has 0 atom stereocenters. The molecule has 1 aliphatic rings. The van der Waals surface area contributed by atoms with E-state index in [1.807, 2.05) is 31.7 Å². The number of oxazole rings is 1. The fourth-order valence-electron chi connectivity index (χ4n) is 4.07. The Bertz CT molecular complexity index is 969. The van der Waals surface area contributed by atoms with Crippen LogP contribution in [0.25, 0.3) is 0 Å². The number of hydrogen-bond acceptors (Lipinski definition) is 5. The monoisotopic (exact) mass is 395 g/mol. The van der Waals surface area contributed by atoms with Gasteiger partial charge >= 0.3 is 0 Å². The molecule has 2 aromatic heterocycles. The summed E-state index contributed by atoms with van der Waals surface area (Å²) >= 11 is 1.69. The largest absolute Gasteiger partial charge is 0.435 e. The zero-order valence-corrected chi connectivity index (χ0v) is 17.4. The third-order valence-electron chi connectivity index (χ3n) is 5.68. The van der Waals surface area contributed by atoms with Crippen molar-refractivity contribution in [2.75, 3.05) is 13.1 Å². The van der Waals surface area contributed by atoms with Gasteiger partial charge in [0.1, 0.15) is 0 Å². The maximum atomic E-state index is 13.0. The van der Waals surface area contributed by atoms with Gasteiger partial charge in [-0.2, -0.15) is 0 Å². The van der Waals surface area contributed by atoms with Crippen molar-refractivity contribution in [3.63, 3.8) is 0 Å². The van der Waals surface area contributed by atoms with Crippen molar-refractivity contribution in [2.45, 2.75) is 45.4 Å². The molecule has 0 bridgehead atoms. The van der Waals surface area contributed by atoms with Crippen molar-refractivity contribution in [1.29, 1.82) is 0 Å². The Morgan fingerprint density at radius 2 is 1.89 bits per heavy atom. The third-order valence-corrected chi connectivity index (χ3v) is 6.45. The molecule has 0 aliphatic carbocycles. The second-order valence-electron chi connectivity index (χ2n) is 7.37. The molecule has 5 nitrogen and oxygen atoms in total. The van der Waals surface area contributed by atoms with Crippen molar-refractivity contribution < 1.29 is 9.21 Å². The van der Waals surface area contributed by atoms with Crippen LogP contribution >= 0.6 is 11.3 Å². The average molecular weight is 396 g/mol. The van der Waals surface area contributed by atoms with Gasteiger partial charge in [0.2, 0.25) is 5.76 Å². The van der Waals surface area contributed by atoms with Gasteiger partial charge in [0.25, 0.3) is 5.91 Å². The van der Waals surface area contributed by atoms with E-state index in [2.05, 4.69) is 34.6 Å². The van der Waals surface area contributed by atoms with E-state index in [9.17, 15) is 4.79 Å². The van der Waals surface area contributed by atoms with E-state index in [-0.39, 0.29) is 11.3 Å². The van der Waals surface area contributed by atoms with E-state index in [4.69, 9.17) is 9.40 Å². The standard InChI is InChI=1S/C22H25N3O2S/c1-4-19-23-15(2)20(27-19)21(26)25-12-10-22(11-13-25,17-8-6-5-7-9-17)18-14-28-16(3)24-18/h5-9,14H,4,10-13H2,1-3H3. The average Bonchev–Trinajstić information content (AvgIpc) is 3.34. The molecule has 0 unspecified atom stereocenters. The fourth-order valence-corrected chi connectivity index (χ4v) is 4.78. The number of likely N-dealkylation sites (tertiary alicyclic amines) is 1. The number of carbonyl (C=O) groups is 1. The van der Waals surface area contributed by atoms with Crippen LogP contribution in [0, 0.1) is 13.8 Å². The molecule has 1 amide bonds. The van der Waals surface area contributed by atoms with Crippen LogP contribution in [0.1, 0.15) is 58.2 Å². The lowest BCUT2D eigenvalue weighted by atomic mass is 9.70. The number of hydrogen-bond donors (Lipinski definition) is 0. The van der Waals surface area contributed by atoms with E-state index >= 15 is 0 Å². The summed E-state index contributed by atoms with van der Waals surface area (Å²) in [7, 11) is 0. The Morgan fingerprint density at radius 3 is 2.46 bits per heavy atom. The molecule has 1 saturated heterocycles. The van der Waals surface area contributed by atoms with Crippen molar-refractivity contribution >= 4 is 17.2 Å². The van der Waals surface area contributed by atoms with Crippen molar-refractivity contribution in [3.8, 4) is 0 Å². The Kier molecular flexibility index (Phi) is 5.06. The third kappa shape index (κ3) is 3.26. The number of thiazole rings is 1. The molecule has 6 heteroatoms. The van der Waals surface area contributed by atoms with Crippen LogP contribution in [0.3, 0.4) is 0 Å². The normalized spacial score (nSPS) is 16.3. The van der Waals surface area contributed by atoms with E-state index in [1.165, 1.54) is 5.56 Å². The summed E-state index contributed by atoms with van der Waals surface area (Å²) in [5, 5.41) is 3.25. The molecular weight excluding hydrogens is 370 g/mol. The molecule has 4 rings (SSSR count). The Hall–Kier alpha value is -2.47. The van der Waals surface area contributed by atoms with Gasteiger partial charge in [-0.25, -0.2) is 9.97 Å². The second-order valence-corrected chi connectivity index (χ2v) is 8.43. The molecule has 1 aliphatic heterocycles. The first kappa shape index (κ1) is 18.9. The van der Waals surface area contributed by atoms with Crippen molar-refractivity contribution in [3.05, 3.63) is 69.3 Å². The molecule has 1 fully saturated rings. The highest BCUT2D eigenvalue weighted by atomic mass is 32.1. The quantitative estimate of drug-likeness (QED) is 0.651. The number of amides is 1. The van der Waals surface area contributed by atoms with Crippen LogP contribution in [0.15, 0.2) is 40.1 Å². The smallest absolute Gasteiger partial charge is 0.291 e. The van der Waals surface area contributed by atoms with Crippen LogP contribution in [0.5, 0.6) is 0 Å². The van der Waals surface area contributed by atoms with E-state index in [0.29, 0.717) is 36.9 Å². The Balaban J connectivity index is 1.60. The lowest BCUT2D eigenvalue weighted by molar-refractivity contribution is 0.0649. The summed E-state index contributed by atoms with van der Waals surface area (Å²) < 4.78 is 5.69. The minimum atomic E-state index is -0.145. The maximum Gasteiger partial charge on any atom is 0.291 e. The van der Waals surface area contributed by atoms with Crippen LogP contribution in [-0.2, 0) is 11.8 Å². The topological polar surface area (TPSA) is 59.2 Å². The molecule has 0 radical (unpaired) electrons. The molecule has 0 N–H and O–H groups in total. The molecule has 0 saturated carbocycles. The van der Waals surface area contributed by atoms with Crippen molar-refractivity contribution in [1.82, 2.24) is 14.9 Å². The fraction of sp³-hybridized carbons (Fsp3) is 0.409. The number of piperidine rings is 1. The zero-order valence-electron chi connectivity index (χ0n) is 16.6. The number of benzene rings is 1. The SMILES string of the molecule is CCc1nc(C)c(C(=O)N2CCC(c3ccccc3)(c3csc(C)n3)CC2)o1. The number of rotatable bonds is 4. The zero-order chi connectivity index (χ0) is 19.7. The van der Waals surface area contributed by atoms with Crippen LogP contribution in [-0.4, -0.2) is 33.9 Å². The van der Waals surface area contributed by atoms with Gasteiger partial charge < -0.3 is 9.32 Å². The number of nitrogens with zero attached hydrogens (tertiary/aromatic N) is 3. The lowest BCUT2D eigenvalue weighted by Gasteiger charge is -2.41. The van der Waals surface area contributed by atoms with Crippen LogP contribution in [0.2, 0.25) is 0 Å². The number of carbonyl (C=O) groups excluding carboxylic acids is 1. The van der Waals surface area contributed by atoms with E-state index < -0.39 is 0 Å². The van der Waals surface area contributed by atoms with Gasteiger partial charge in [0.05, 0.1) is 16.4 Å². The molecule has 3 heterocycles.